The minimum Gasteiger partial charge on any atom is -0.480 e. The zero-order chi connectivity index (χ0) is 17.5. The molecule has 0 aromatic rings. The maximum absolute atomic E-state index is 11.5. The lowest BCUT2D eigenvalue weighted by Crippen LogP contribution is -2.53. The molecular formula is C16H31N3O4. The van der Waals surface area contributed by atoms with E-state index >= 15 is 0 Å². The van der Waals surface area contributed by atoms with Gasteiger partial charge in [-0.05, 0) is 47.1 Å². The van der Waals surface area contributed by atoms with Gasteiger partial charge in [-0.2, -0.15) is 0 Å². The molecule has 0 saturated carbocycles. The fraction of sp³-hybridized carbons (Fsp3) is 0.875. The summed E-state index contributed by atoms with van der Waals surface area (Å²) in [4.78, 5) is 26.6. The van der Waals surface area contributed by atoms with Crippen LogP contribution >= 0.6 is 0 Å². The molecule has 0 aliphatic carbocycles. The van der Waals surface area contributed by atoms with Crippen molar-refractivity contribution in [3.63, 3.8) is 0 Å². The molecule has 7 nitrogen and oxygen atoms in total. The first-order valence-electron chi connectivity index (χ1n) is 8.32. The molecule has 1 unspecified atom stereocenters. The number of nitrogens with zero attached hydrogens (tertiary/aromatic N) is 2. The van der Waals surface area contributed by atoms with Crippen LogP contribution < -0.4 is 5.32 Å². The number of carboxylic acid groups (broad SMARTS) is 1. The highest BCUT2D eigenvalue weighted by atomic mass is 16.6. The maximum Gasteiger partial charge on any atom is 0.407 e. The first-order valence-corrected chi connectivity index (χ1v) is 8.32. The quantitative estimate of drug-likeness (QED) is 0.687. The summed E-state index contributed by atoms with van der Waals surface area (Å²) >= 11 is 0. The third-order valence-corrected chi connectivity index (χ3v) is 3.76. The number of carbonyl (C=O) groups excluding carboxylic acids is 1. The van der Waals surface area contributed by atoms with Gasteiger partial charge in [-0.1, -0.05) is 0 Å². The standard InChI is InChI=1S/C16H31N3O4/c1-13-11-18(9-10-19(13)12-14(20)21)8-6-5-7-17-15(22)23-16(2,3)4/h13H,5-12H2,1-4H3,(H,17,22)(H,20,21). The van der Waals surface area contributed by atoms with Gasteiger partial charge in [0.1, 0.15) is 5.60 Å². The second-order valence-electron chi connectivity index (χ2n) is 7.15. The third-order valence-electron chi connectivity index (χ3n) is 3.76. The van der Waals surface area contributed by atoms with E-state index < -0.39 is 11.6 Å². The summed E-state index contributed by atoms with van der Waals surface area (Å²) in [6.45, 7) is 11.9. The Morgan fingerprint density at radius 2 is 1.96 bits per heavy atom. The van der Waals surface area contributed by atoms with E-state index in [1.165, 1.54) is 0 Å². The maximum atomic E-state index is 11.5. The molecule has 23 heavy (non-hydrogen) atoms. The summed E-state index contributed by atoms with van der Waals surface area (Å²) in [6, 6.07) is 0.264. The van der Waals surface area contributed by atoms with Gasteiger partial charge in [0.05, 0.1) is 6.54 Å². The van der Waals surface area contributed by atoms with Crippen molar-refractivity contribution in [2.75, 3.05) is 39.3 Å². The second-order valence-corrected chi connectivity index (χ2v) is 7.15. The zero-order valence-corrected chi connectivity index (χ0v) is 14.8. The average Bonchev–Trinajstić information content (AvgIpc) is 2.39. The molecule has 1 aliphatic rings. The van der Waals surface area contributed by atoms with E-state index in [-0.39, 0.29) is 18.7 Å². The first kappa shape index (κ1) is 19.7. The molecule has 1 rings (SSSR count). The van der Waals surface area contributed by atoms with Gasteiger partial charge in [0.25, 0.3) is 0 Å². The summed E-state index contributed by atoms with van der Waals surface area (Å²) < 4.78 is 5.18. The minimum atomic E-state index is -0.765. The Bertz CT molecular complexity index is 395. The molecule has 1 heterocycles. The fourth-order valence-corrected chi connectivity index (χ4v) is 2.65. The van der Waals surface area contributed by atoms with Crippen LogP contribution in [0.3, 0.4) is 0 Å². The van der Waals surface area contributed by atoms with E-state index in [4.69, 9.17) is 9.84 Å². The predicted octanol–water partition coefficient (Wildman–Crippen LogP) is 1.38. The van der Waals surface area contributed by atoms with Crippen LogP contribution in [0.2, 0.25) is 0 Å². The molecule has 1 fully saturated rings. The van der Waals surface area contributed by atoms with Crippen molar-refractivity contribution in [3.8, 4) is 0 Å². The molecule has 1 saturated heterocycles. The Hall–Kier alpha value is -1.34. The van der Waals surface area contributed by atoms with E-state index in [1.54, 1.807) is 0 Å². The Labute approximate surface area is 139 Å². The van der Waals surface area contributed by atoms with Crippen LogP contribution in [0.4, 0.5) is 4.79 Å². The van der Waals surface area contributed by atoms with Crippen molar-refractivity contribution in [3.05, 3.63) is 0 Å². The molecule has 7 heteroatoms. The van der Waals surface area contributed by atoms with Gasteiger partial charge < -0.3 is 20.1 Å². The van der Waals surface area contributed by atoms with Gasteiger partial charge >= 0.3 is 12.1 Å². The van der Waals surface area contributed by atoms with Crippen LogP contribution in [0, 0.1) is 0 Å². The van der Waals surface area contributed by atoms with Crippen LogP contribution in [0.5, 0.6) is 0 Å². The van der Waals surface area contributed by atoms with Gasteiger partial charge in [-0.3, -0.25) is 9.69 Å². The number of hydrogen-bond acceptors (Lipinski definition) is 5. The van der Waals surface area contributed by atoms with E-state index in [0.29, 0.717) is 6.54 Å². The lowest BCUT2D eigenvalue weighted by atomic mass is 10.1. The van der Waals surface area contributed by atoms with Crippen molar-refractivity contribution in [2.24, 2.45) is 0 Å². The summed E-state index contributed by atoms with van der Waals surface area (Å²) in [5, 5.41) is 11.6. The number of nitrogens with one attached hydrogen (secondary N) is 1. The van der Waals surface area contributed by atoms with Crippen LogP contribution in [-0.4, -0.2) is 77.9 Å². The number of amides is 1. The molecule has 134 valence electrons. The van der Waals surface area contributed by atoms with Crippen molar-refractivity contribution in [2.45, 2.75) is 52.2 Å². The van der Waals surface area contributed by atoms with E-state index in [9.17, 15) is 9.59 Å². The van der Waals surface area contributed by atoms with Gasteiger partial charge in [0.15, 0.2) is 0 Å². The monoisotopic (exact) mass is 329 g/mol. The SMILES string of the molecule is CC1CN(CCCCNC(=O)OC(C)(C)C)CCN1CC(=O)O. The lowest BCUT2D eigenvalue weighted by molar-refractivity contribution is -0.139. The molecule has 1 aliphatic heterocycles. The van der Waals surface area contributed by atoms with E-state index in [0.717, 1.165) is 39.0 Å². The van der Waals surface area contributed by atoms with Crippen LogP contribution in [0.1, 0.15) is 40.5 Å². The molecule has 1 amide bonds. The highest BCUT2D eigenvalue weighted by Gasteiger charge is 2.24. The Morgan fingerprint density at radius 1 is 1.26 bits per heavy atom. The number of carbonyl (C=O) groups is 2. The number of unbranched alkanes of at least 4 members (excludes halogenated alkanes) is 1. The molecule has 2 N–H and O–H groups in total. The summed E-state index contributed by atoms with van der Waals surface area (Å²) in [5.41, 5.74) is -0.462. The largest absolute Gasteiger partial charge is 0.480 e. The van der Waals surface area contributed by atoms with E-state index in [2.05, 4.69) is 17.1 Å². The van der Waals surface area contributed by atoms with Gasteiger partial charge in [0, 0.05) is 32.2 Å². The van der Waals surface area contributed by atoms with Crippen LogP contribution in [0.15, 0.2) is 0 Å². The third kappa shape index (κ3) is 8.76. The molecule has 0 spiro atoms. The Kier molecular flexibility index (Phi) is 7.78. The number of aliphatic carboxylic acids is 1. The predicted molar refractivity (Wildman–Crippen MR) is 88.6 cm³/mol. The minimum absolute atomic E-state index is 0.120. The summed E-state index contributed by atoms with van der Waals surface area (Å²) in [7, 11) is 0. The molecule has 1 atom stereocenters. The number of carboxylic acids is 1. The highest BCUT2D eigenvalue weighted by Crippen LogP contribution is 2.10. The Balaban J connectivity index is 2.11. The number of hydrogen-bond donors (Lipinski definition) is 2. The van der Waals surface area contributed by atoms with Crippen molar-refractivity contribution in [1.82, 2.24) is 15.1 Å². The van der Waals surface area contributed by atoms with Crippen LogP contribution in [-0.2, 0) is 9.53 Å². The van der Waals surface area contributed by atoms with Crippen LogP contribution in [0.25, 0.3) is 0 Å². The summed E-state index contributed by atoms with van der Waals surface area (Å²) in [6.07, 6.45) is 1.54. The second kappa shape index (κ2) is 9.08. The summed E-state index contributed by atoms with van der Waals surface area (Å²) in [5.74, 6) is -0.765. The van der Waals surface area contributed by atoms with E-state index in [1.807, 2.05) is 25.7 Å². The van der Waals surface area contributed by atoms with Crippen molar-refractivity contribution in [1.29, 1.82) is 0 Å². The normalized spacial score (nSPS) is 20.3. The van der Waals surface area contributed by atoms with Crippen molar-refractivity contribution < 1.29 is 19.4 Å². The lowest BCUT2D eigenvalue weighted by Gasteiger charge is -2.39. The van der Waals surface area contributed by atoms with Gasteiger partial charge in [0.2, 0.25) is 0 Å². The highest BCUT2D eigenvalue weighted by molar-refractivity contribution is 5.69. The number of piperazine rings is 1. The molecule has 0 radical (unpaired) electrons. The smallest absolute Gasteiger partial charge is 0.407 e. The fourth-order valence-electron chi connectivity index (χ4n) is 2.65. The van der Waals surface area contributed by atoms with Gasteiger partial charge in [-0.25, -0.2) is 4.79 Å². The molecule has 0 bridgehead atoms. The average molecular weight is 329 g/mol. The number of alkyl carbamates (subject to hydrolysis) is 1. The first-order chi connectivity index (χ1) is 10.7. The zero-order valence-electron chi connectivity index (χ0n) is 14.8. The topological polar surface area (TPSA) is 82.1 Å². The molecule has 0 aromatic heterocycles. The number of ether oxygens (including phenoxy) is 1. The molecule has 0 aromatic carbocycles. The van der Waals surface area contributed by atoms with Crippen molar-refractivity contribution >= 4 is 12.1 Å². The number of rotatable bonds is 7. The Morgan fingerprint density at radius 3 is 2.52 bits per heavy atom. The molecular weight excluding hydrogens is 298 g/mol. The van der Waals surface area contributed by atoms with Gasteiger partial charge in [-0.15, -0.1) is 0 Å².